The Morgan fingerprint density at radius 1 is 1.50 bits per heavy atom. The van der Waals surface area contributed by atoms with Crippen molar-refractivity contribution in [2.75, 3.05) is 0 Å². The summed E-state index contributed by atoms with van der Waals surface area (Å²) in [5.41, 5.74) is 1.07. The molecular weight excluding hydrogens is 194 g/mol. The second-order valence-electron chi connectivity index (χ2n) is 2.42. The molecule has 1 aliphatic carbocycles. The van der Waals surface area contributed by atoms with Crippen LogP contribution in [0.1, 0.15) is 24.5 Å². The highest BCUT2D eigenvalue weighted by atomic mass is 79.9. The Hall–Kier alpha value is -0.510. The van der Waals surface area contributed by atoms with Crippen molar-refractivity contribution in [3.05, 3.63) is 16.6 Å². The smallest absolute Gasteiger partial charge is 0.218 e. The lowest BCUT2D eigenvalue weighted by molar-refractivity contribution is 0.866. The van der Waals surface area contributed by atoms with Crippen LogP contribution >= 0.6 is 15.9 Å². The first-order valence-electron chi connectivity index (χ1n) is 3.21. The maximum Gasteiger partial charge on any atom is 0.218 e. The van der Waals surface area contributed by atoms with Gasteiger partial charge in [0.05, 0.1) is 11.9 Å². The Balaban J connectivity index is 2.32. The van der Waals surface area contributed by atoms with Crippen LogP contribution in [0.25, 0.3) is 0 Å². The SMILES string of the molecule is Brc1nncc(C2CC2)n1. The van der Waals surface area contributed by atoms with Crippen molar-refractivity contribution in [1.29, 1.82) is 0 Å². The van der Waals surface area contributed by atoms with Crippen molar-refractivity contribution in [1.82, 2.24) is 15.2 Å². The summed E-state index contributed by atoms with van der Waals surface area (Å²) in [5.74, 6) is 0.659. The lowest BCUT2D eigenvalue weighted by atomic mass is 10.3. The fourth-order valence-electron chi connectivity index (χ4n) is 0.869. The molecule has 1 fully saturated rings. The topological polar surface area (TPSA) is 38.7 Å². The molecule has 52 valence electrons. The van der Waals surface area contributed by atoms with Crippen LogP contribution in [0.15, 0.2) is 10.9 Å². The summed E-state index contributed by atoms with van der Waals surface area (Å²) in [6.07, 6.45) is 4.25. The summed E-state index contributed by atoms with van der Waals surface area (Å²) >= 11 is 3.17. The molecule has 0 radical (unpaired) electrons. The third-order valence-electron chi connectivity index (χ3n) is 1.55. The number of nitrogens with zero attached hydrogens (tertiary/aromatic N) is 3. The molecule has 0 atom stereocenters. The van der Waals surface area contributed by atoms with E-state index in [1.165, 1.54) is 12.8 Å². The highest BCUT2D eigenvalue weighted by Crippen LogP contribution is 2.38. The third kappa shape index (κ3) is 1.16. The lowest BCUT2D eigenvalue weighted by Crippen LogP contribution is -1.92. The summed E-state index contributed by atoms with van der Waals surface area (Å²) in [6.45, 7) is 0. The van der Waals surface area contributed by atoms with Crippen LogP contribution in [-0.4, -0.2) is 15.2 Å². The molecule has 10 heavy (non-hydrogen) atoms. The number of hydrogen-bond acceptors (Lipinski definition) is 3. The van der Waals surface area contributed by atoms with Gasteiger partial charge in [0.2, 0.25) is 4.73 Å². The third-order valence-corrected chi connectivity index (χ3v) is 1.88. The van der Waals surface area contributed by atoms with Gasteiger partial charge in [0, 0.05) is 5.92 Å². The zero-order valence-corrected chi connectivity index (χ0v) is 6.87. The Bertz CT molecular complexity index is 247. The molecule has 2 rings (SSSR count). The zero-order valence-electron chi connectivity index (χ0n) is 5.29. The van der Waals surface area contributed by atoms with Crippen molar-refractivity contribution in [2.45, 2.75) is 18.8 Å². The molecule has 0 unspecified atom stereocenters. The largest absolute Gasteiger partial charge is 0.224 e. The molecule has 0 aliphatic heterocycles. The maximum atomic E-state index is 4.18. The predicted molar refractivity (Wildman–Crippen MR) is 39.5 cm³/mol. The van der Waals surface area contributed by atoms with Gasteiger partial charge in [-0.25, -0.2) is 4.98 Å². The van der Waals surface area contributed by atoms with Crippen molar-refractivity contribution < 1.29 is 0 Å². The van der Waals surface area contributed by atoms with E-state index in [1.54, 1.807) is 6.20 Å². The van der Waals surface area contributed by atoms with Gasteiger partial charge < -0.3 is 0 Å². The molecule has 0 spiro atoms. The first-order valence-corrected chi connectivity index (χ1v) is 4.00. The van der Waals surface area contributed by atoms with Crippen molar-refractivity contribution in [2.24, 2.45) is 0 Å². The quantitative estimate of drug-likeness (QED) is 0.689. The van der Waals surface area contributed by atoms with E-state index >= 15 is 0 Å². The number of halogens is 1. The second-order valence-corrected chi connectivity index (χ2v) is 3.13. The Morgan fingerprint density at radius 2 is 2.30 bits per heavy atom. The average Bonchev–Trinajstić information content (AvgIpc) is 2.68. The monoisotopic (exact) mass is 199 g/mol. The van der Waals surface area contributed by atoms with Gasteiger partial charge >= 0.3 is 0 Å². The standard InChI is InChI=1S/C6H6BrN3/c7-6-9-5(3-8-10-6)4-1-2-4/h3-4H,1-2H2. The molecule has 3 nitrogen and oxygen atoms in total. The molecule has 1 heterocycles. The van der Waals surface area contributed by atoms with E-state index in [-0.39, 0.29) is 0 Å². The average molecular weight is 200 g/mol. The molecule has 0 aromatic carbocycles. The van der Waals surface area contributed by atoms with Crippen LogP contribution in [0, 0.1) is 0 Å². The van der Waals surface area contributed by atoms with Crippen LogP contribution in [0.2, 0.25) is 0 Å². The molecule has 1 aliphatic rings. The molecule has 0 bridgehead atoms. The first kappa shape index (κ1) is 6.22. The number of aromatic nitrogens is 3. The lowest BCUT2D eigenvalue weighted by Gasteiger charge is -1.92. The normalized spacial score (nSPS) is 17.3. The van der Waals surface area contributed by atoms with E-state index in [9.17, 15) is 0 Å². The molecule has 1 aromatic rings. The van der Waals surface area contributed by atoms with E-state index in [1.807, 2.05) is 0 Å². The van der Waals surface area contributed by atoms with E-state index < -0.39 is 0 Å². The van der Waals surface area contributed by atoms with Gasteiger partial charge in [0.15, 0.2) is 0 Å². The minimum absolute atomic E-state index is 0.594. The molecule has 4 heteroatoms. The van der Waals surface area contributed by atoms with Crippen LogP contribution in [0.5, 0.6) is 0 Å². The Morgan fingerprint density at radius 3 is 2.90 bits per heavy atom. The fourth-order valence-corrected chi connectivity index (χ4v) is 1.17. The van der Waals surface area contributed by atoms with Crippen LogP contribution in [0.3, 0.4) is 0 Å². The fraction of sp³-hybridized carbons (Fsp3) is 0.500. The molecular formula is C6H6BrN3. The van der Waals surface area contributed by atoms with Gasteiger partial charge in [-0.05, 0) is 28.8 Å². The van der Waals surface area contributed by atoms with Crippen molar-refractivity contribution in [3.63, 3.8) is 0 Å². The van der Waals surface area contributed by atoms with Gasteiger partial charge in [-0.3, -0.25) is 0 Å². The van der Waals surface area contributed by atoms with Crippen LogP contribution < -0.4 is 0 Å². The molecule has 1 saturated carbocycles. The van der Waals surface area contributed by atoms with Gasteiger partial charge in [-0.1, -0.05) is 0 Å². The Labute approximate surface area is 67.0 Å². The molecule has 1 aromatic heterocycles. The number of hydrogen-bond donors (Lipinski definition) is 0. The highest BCUT2D eigenvalue weighted by molar-refractivity contribution is 9.10. The summed E-state index contributed by atoms with van der Waals surface area (Å²) in [4.78, 5) is 4.18. The van der Waals surface area contributed by atoms with Gasteiger partial charge in [-0.15, -0.1) is 5.10 Å². The summed E-state index contributed by atoms with van der Waals surface area (Å²) < 4.78 is 0.594. The maximum absolute atomic E-state index is 4.18. The summed E-state index contributed by atoms with van der Waals surface area (Å²) in [5, 5.41) is 7.49. The highest BCUT2D eigenvalue weighted by Gasteiger charge is 2.25. The van der Waals surface area contributed by atoms with Crippen molar-refractivity contribution in [3.8, 4) is 0 Å². The van der Waals surface area contributed by atoms with Crippen LogP contribution in [0.4, 0.5) is 0 Å². The Kier molecular flexibility index (Phi) is 1.41. The van der Waals surface area contributed by atoms with Gasteiger partial charge in [-0.2, -0.15) is 5.10 Å². The summed E-state index contributed by atoms with van der Waals surface area (Å²) in [6, 6.07) is 0. The second kappa shape index (κ2) is 2.27. The minimum Gasteiger partial charge on any atom is -0.224 e. The molecule has 0 amide bonds. The predicted octanol–water partition coefficient (Wildman–Crippen LogP) is 1.51. The van der Waals surface area contributed by atoms with Crippen LogP contribution in [-0.2, 0) is 0 Å². The summed E-state index contributed by atoms with van der Waals surface area (Å²) in [7, 11) is 0. The van der Waals surface area contributed by atoms with E-state index in [0.717, 1.165) is 5.69 Å². The number of rotatable bonds is 1. The zero-order chi connectivity index (χ0) is 6.97. The first-order chi connectivity index (χ1) is 4.86. The van der Waals surface area contributed by atoms with Gasteiger partial charge in [0.1, 0.15) is 0 Å². The van der Waals surface area contributed by atoms with Crippen molar-refractivity contribution >= 4 is 15.9 Å². The van der Waals surface area contributed by atoms with E-state index in [0.29, 0.717) is 10.7 Å². The molecule has 0 N–H and O–H groups in total. The van der Waals surface area contributed by atoms with E-state index in [4.69, 9.17) is 0 Å². The van der Waals surface area contributed by atoms with E-state index in [2.05, 4.69) is 31.1 Å². The molecule has 0 saturated heterocycles. The van der Waals surface area contributed by atoms with Gasteiger partial charge in [0.25, 0.3) is 0 Å². The minimum atomic E-state index is 0.594.